The number of nitrogens with one attached hydrogen (secondary N) is 1. The van der Waals surface area contributed by atoms with Crippen LogP contribution < -0.4 is 4.72 Å². The first-order valence-electron chi connectivity index (χ1n) is 5.40. The average Bonchev–Trinajstić information content (AvgIpc) is 2.83. The van der Waals surface area contributed by atoms with Gasteiger partial charge in [0.25, 0.3) is 10.0 Å². The molecule has 0 radical (unpaired) electrons. The van der Waals surface area contributed by atoms with E-state index < -0.39 is 15.6 Å². The zero-order valence-corrected chi connectivity index (χ0v) is 11.8. The van der Waals surface area contributed by atoms with E-state index in [9.17, 15) is 8.42 Å². The van der Waals surface area contributed by atoms with Gasteiger partial charge in [0, 0.05) is 12.4 Å². The van der Waals surface area contributed by atoms with Crippen molar-refractivity contribution in [2.45, 2.75) is 23.6 Å². The molecule has 6 heteroatoms. The topological polar surface area (TPSA) is 59.1 Å². The van der Waals surface area contributed by atoms with E-state index in [4.69, 9.17) is 0 Å². The molecule has 2 rings (SSSR count). The number of sulfonamides is 1. The molecule has 18 heavy (non-hydrogen) atoms. The number of rotatable bonds is 4. The normalized spacial score (nSPS) is 12.6. The van der Waals surface area contributed by atoms with Crippen LogP contribution in [-0.2, 0) is 15.6 Å². The van der Waals surface area contributed by atoms with Gasteiger partial charge in [0.05, 0.1) is 5.54 Å². The second kappa shape index (κ2) is 4.79. The van der Waals surface area contributed by atoms with Gasteiger partial charge in [-0.05, 0) is 36.9 Å². The smallest absolute Gasteiger partial charge is 0.250 e. The minimum absolute atomic E-state index is 0.319. The predicted octanol–water partition coefficient (Wildman–Crippen LogP) is 2.36. The Morgan fingerprint density at radius 1 is 1.28 bits per heavy atom. The molecule has 0 amide bonds. The first kappa shape index (κ1) is 13.2. The Morgan fingerprint density at radius 2 is 2.06 bits per heavy atom. The van der Waals surface area contributed by atoms with Crippen LogP contribution in [0.15, 0.2) is 46.2 Å². The molecule has 0 bridgehead atoms. The summed E-state index contributed by atoms with van der Waals surface area (Å²) in [4.78, 5) is 4.01. The van der Waals surface area contributed by atoms with Crippen LogP contribution in [0.3, 0.4) is 0 Å². The van der Waals surface area contributed by atoms with Gasteiger partial charge in [0.1, 0.15) is 4.21 Å². The van der Waals surface area contributed by atoms with Crippen molar-refractivity contribution in [1.82, 2.24) is 9.71 Å². The van der Waals surface area contributed by atoms with Gasteiger partial charge in [0.15, 0.2) is 0 Å². The molecule has 2 aromatic heterocycles. The van der Waals surface area contributed by atoms with E-state index in [1.54, 1.807) is 36.0 Å². The van der Waals surface area contributed by atoms with Gasteiger partial charge < -0.3 is 0 Å². The summed E-state index contributed by atoms with van der Waals surface area (Å²) in [6.07, 6.45) is 3.32. The molecule has 2 heterocycles. The summed E-state index contributed by atoms with van der Waals surface area (Å²) >= 11 is 1.20. The monoisotopic (exact) mass is 282 g/mol. The van der Waals surface area contributed by atoms with Crippen LogP contribution >= 0.6 is 11.3 Å². The van der Waals surface area contributed by atoms with E-state index in [2.05, 4.69) is 9.71 Å². The molecule has 0 saturated carbocycles. The van der Waals surface area contributed by atoms with E-state index in [0.717, 1.165) is 5.56 Å². The van der Waals surface area contributed by atoms with E-state index in [1.165, 1.54) is 11.3 Å². The van der Waals surface area contributed by atoms with E-state index in [1.807, 2.05) is 19.9 Å². The third-order valence-electron chi connectivity index (χ3n) is 2.53. The fourth-order valence-corrected chi connectivity index (χ4v) is 3.99. The molecule has 4 nitrogen and oxygen atoms in total. The molecule has 96 valence electrons. The van der Waals surface area contributed by atoms with Crippen molar-refractivity contribution >= 4 is 21.4 Å². The maximum absolute atomic E-state index is 12.2. The van der Waals surface area contributed by atoms with Crippen molar-refractivity contribution in [2.75, 3.05) is 0 Å². The Morgan fingerprint density at radius 3 is 2.61 bits per heavy atom. The van der Waals surface area contributed by atoms with Crippen LogP contribution in [0.5, 0.6) is 0 Å². The lowest BCUT2D eigenvalue weighted by atomic mass is 9.98. The SMILES string of the molecule is CC(C)(NS(=O)(=O)c1cccs1)c1cccnc1. The van der Waals surface area contributed by atoms with Crippen LogP contribution in [0.4, 0.5) is 0 Å². The van der Waals surface area contributed by atoms with Crippen LogP contribution in [-0.4, -0.2) is 13.4 Å². The average molecular weight is 282 g/mol. The second-order valence-electron chi connectivity index (χ2n) is 4.40. The van der Waals surface area contributed by atoms with Gasteiger partial charge in [-0.25, -0.2) is 13.1 Å². The highest BCUT2D eigenvalue weighted by atomic mass is 32.2. The van der Waals surface area contributed by atoms with Gasteiger partial charge in [-0.1, -0.05) is 12.1 Å². The molecule has 0 unspecified atom stereocenters. The molecule has 0 spiro atoms. The number of thiophene rings is 1. The fourth-order valence-electron chi connectivity index (χ4n) is 1.59. The summed E-state index contributed by atoms with van der Waals surface area (Å²) in [6, 6.07) is 6.95. The third-order valence-corrected chi connectivity index (χ3v) is 5.59. The minimum atomic E-state index is -3.48. The van der Waals surface area contributed by atoms with Crippen molar-refractivity contribution in [1.29, 1.82) is 0 Å². The quantitative estimate of drug-likeness (QED) is 0.936. The van der Waals surface area contributed by atoms with Crippen molar-refractivity contribution in [3.63, 3.8) is 0 Å². The number of hydrogen-bond acceptors (Lipinski definition) is 4. The van der Waals surface area contributed by atoms with E-state index in [0.29, 0.717) is 4.21 Å². The van der Waals surface area contributed by atoms with Gasteiger partial charge in [-0.15, -0.1) is 11.3 Å². The Labute approximate surface area is 111 Å². The zero-order valence-electron chi connectivity index (χ0n) is 10.1. The summed E-state index contributed by atoms with van der Waals surface area (Å²) in [7, 11) is -3.48. The maximum Gasteiger partial charge on any atom is 0.250 e. The molecular weight excluding hydrogens is 268 g/mol. The second-order valence-corrected chi connectivity index (χ2v) is 7.26. The molecule has 0 aliphatic carbocycles. The Hall–Kier alpha value is -1.24. The largest absolute Gasteiger partial charge is 0.264 e. The molecule has 0 saturated heterocycles. The van der Waals surface area contributed by atoms with E-state index in [-0.39, 0.29) is 0 Å². The molecule has 1 N–H and O–H groups in total. The Kier molecular flexibility index (Phi) is 3.52. The molecule has 0 aliphatic heterocycles. The Balaban J connectivity index is 2.29. The lowest BCUT2D eigenvalue weighted by molar-refractivity contribution is 0.471. The predicted molar refractivity (Wildman–Crippen MR) is 71.9 cm³/mol. The lowest BCUT2D eigenvalue weighted by Crippen LogP contribution is -2.40. The van der Waals surface area contributed by atoms with Gasteiger partial charge in [-0.2, -0.15) is 0 Å². The van der Waals surface area contributed by atoms with Crippen molar-refractivity contribution in [2.24, 2.45) is 0 Å². The van der Waals surface area contributed by atoms with Gasteiger partial charge in [0.2, 0.25) is 0 Å². The third kappa shape index (κ3) is 2.77. The molecular formula is C12H14N2O2S2. The van der Waals surface area contributed by atoms with Gasteiger partial charge in [-0.3, -0.25) is 4.98 Å². The van der Waals surface area contributed by atoms with Crippen LogP contribution in [0, 0.1) is 0 Å². The highest BCUT2D eigenvalue weighted by Crippen LogP contribution is 2.24. The van der Waals surface area contributed by atoms with Crippen LogP contribution in [0.25, 0.3) is 0 Å². The summed E-state index contributed by atoms with van der Waals surface area (Å²) in [5.41, 5.74) is 0.127. The highest BCUT2D eigenvalue weighted by molar-refractivity contribution is 7.91. The van der Waals surface area contributed by atoms with Crippen LogP contribution in [0.2, 0.25) is 0 Å². The molecule has 0 atom stereocenters. The summed E-state index contributed by atoms with van der Waals surface area (Å²) in [6.45, 7) is 3.63. The standard InChI is InChI=1S/C12H14N2O2S2/c1-12(2,10-5-3-7-13-9-10)14-18(15,16)11-6-4-8-17-11/h3-9,14H,1-2H3. The molecule has 2 aromatic rings. The summed E-state index contributed by atoms with van der Waals surface area (Å²) in [5, 5.41) is 1.74. The van der Waals surface area contributed by atoms with Crippen molar-refractivity contribution in [3.8, 4) is 0 Å². The molecule has 0 aromatic carbocycles. The molecule has 0 fully saturated rings. The summed E-state index contributed by atoms with van der Waals surface area (Å²) < 4.78 is 27.3. The minimum Gasteiger partial charge on any atom is -0.264 e. The van der Waals surface area contributed by atoms with Crippen molar-refractivity contribution < 1.29 is 8.42 Å². The number of aromatic nitrogens is 1. The zero-order chi connectivity index (χ0) is 13.2. The highest BCUT2D eigenvalue weighted by Gasteiger charge is 2.28. The first-order chi connectivity index (χ1) is 8.42. The van der Waals surface area contributed by atoms with E-state index >= 15 is 0 Å². The number of hydrogen-bond donors (Lipinski definition) is 1. The number of pyridine rings is 1. The van der Waals surface area contributed by atoms with Crippen LogP contribution in [0.1, 0.15) is 19.4 Å². The van der Waals surface area contributed by atoms with Crippen molar-refractivity contribution in [3.05, 3.63) is 47.6 Å². The van der Waals surface area contributed by atoms with Gasteiger partial charge >= 0.3 is 0 Å². The molecule has 0 aliphatic rings. The lowest BCUT2D eigenvalue weighted by Gasteiger charge is -2.25. The maximum atomic E-state index is 12.2. The summed E-state index contributed by atoms with van der Waals surface area (Å²) in [5.74, 6) is 0. The first-order valence-corrected chi connectivity index (χ1v) is 7.76. The fraction of sp³-hybridized carbons (Fsp3) is 0.250. The number of nitrogens with zero attached hydrogens (tertiary/aromatic N) is 1. The Bertz CT molecular complexity index is 605.